The monoisotopic (exact) mass is 434 g/mol. The number of carbonyl (C=O) groups excluding carboxylic acids is 1. The lowest BCUT2D eigenvalue weighted by Gasteiger charge is -2.29. The molecule has 0 unspecified atom stereocenters. The number of rotatable bonds is 4. The molecule has 0 radical (unpaired) electrons. The number of hydrogen-bond acceptors (Lipinski definition) is 5. The molecule has 0 aliphatic heterocycles. The largest absolute Gasteiger partial charge is 0.320 e. The average molecular weight is 435 g/mol. The van der Waals surface area contributed by atoms with Gasteiger partial charge in [-0.2, -0.15) is 5.10 Å². The van der Waals surface area contributed by atoms with Crippen LogP contribution in [0.1, 0.15) is 27.9 Å². The van der Waals surface area contributed by atoms with Gasteiger partial charge in [0.05, 0.1) is 18.2 Å². The normalized spacial score (nSPS) is 16.7. The van der Waals surface area contributed by atoms with Gasteiger partial charge >= 0.3 is 0 Å². The Labute approximate surface area is 179 Å². The molecular formula is C21H24ClFN4O3. The van der Waals surface area contributed by atoms with Gasteiger partial charge < -0.3 is 5.21 Å². The van der Waals surface area contributed by atoms with Crippen LogP contribution in [-0.4, -0.2) is 26.1 Å². The molecule has 30 heavy (non-hydrogen) atoms. The second-order valence-corrected chi connectivity index (χ2v) is 7.05. The van der Waals surface area contributed by atoms with Gasteiger partial charge in [-0.05, 0) is 41.7 Å². The zero-order valence-corrected chi connectivity index (χ0v) is 17.2. The number of benzene rings is 2. The van der Waals surface area contributed by atoms with E-state index in [9.17, 15) is 14.4 Å². The van der Waals surface area contributed by atoms with Crippen LogP contribution in [-0.2, 0) is 29.6 Å². The summed E-state index contributed by atoms with van der Waals surface area (Å²) in [5.41, 5.74) is 4.75. The van der Waals surface area contributed by atoms with Crippen LogP contribution in [0.2, 0.25) is 0 Å². The van der Waals surface area contributed by atoms with Gasteiger partial charge in [-0.25, -0.2) is 15.8 Å². The minimum Gasteiger partial charge on any atom is -0.320 e. The molecule has 1 atom stereocenters. The number of halogens is 2. The number of aromatic nitrogens is 2. The molecule has 160 valence electrons. The molecule has 0 spiro atoms. The van der Waals surface area contributed by atoms with Gasteiger partial charge in [0.25, 0.3) is 5.91 Å². The predicted octanol–water partition coefficient (Wildman–Crippen LogP) is 2.68. The number of hydrogen-bond donors (Lipinski definition) is 4. The molecule has 0 fully saturated rings. The van der Waals surface area contributed by atoms with E-state index in [0.29, 0.717) is 30.5 Å². The zero-order chi connectivity index (χ0) is 21.0. The number of fused-ring (bicyclic) bond motifs is 1. The first-order chi connectivity index (χ1) is 14.0. The van der Waals surface area contributed by atoms with Crippen molar-refractivity contribution in [1.29, 1.82) is 0 Å². The van der Waals surface area contributed by atoms with Gasteiger partial charge in [0.1, 0.15) is 5.82 Å². The van der Waals surface area contributed by atoms with Crippen LogP contribution >= 0.6 is 12.4 Å². The maximum absolute atomic E-state index is 14.2. The maximum atomic E-state index is 14.2. The van der Waals surface area contributed by atoms with Crippen LogP contribution in [0, 0.1) is 12.7 Å². The van der Waals surface area contributed by atoms with Crippen molar-refractivity contribution >= 4 is 18.3 Å². The summed E-state index contributed by atoms with van der Waals surface area (Å²) in [6, 6.07) is 14.7. The third-order valence-electron chi connectivity index (χ3n) is 5.49. The van der Waals surface area contributed by atoms with Gasteiger partial charge in [-0.3, -0.25) is 14.7 Å². The Kier molecular flexibility index (Phi) is 7.69. The van der Waals surface area contributed by atoms with E-state index < -0.39 is 11.3 Å². The van der Waals surface area contributed by atoms with Crippen molar-refractivity contribution in [1.82, 2.24) is 15.3 Å². The molecule has 0 saturated heterocycles. The smallest absolute Gasteiger partial charge is 0.254 e. The molecule has 1 heterocycles. The third kappa shape index (κ3) is 4.08. The van der Waals surface area contributed by atoms with Crippen molar-refractivity contribution in [2.45, 2.75) is 31.7 Å². The number of nitrogens with two attached hydrogens (primary N) is 1. The van der Waals surface area contributed by atoms with Crippen molar-refractivity contribution < 1.29 is 19.6 Å². The lowest BCUT2D eigenvalue weighted by atomic mass is 9.75. The van der Waals surface area contributed by atoms with Gasteiger partial charge in [0.2, 0.25) is 0 Å². The van der Waals surface area contributed by atoms with E-state index in [4.69, 9.17) is 5.21 Å². The van der Waals surface area contributed by atoms with E-state index in [1.807, 2.05) is 35.0 Å². The Morgan fingerprint density at radius 3 is 2.57 bits per heavy atom. The van der Waals surface area contributed by atoms with Crippen molar-refractivity contribution in [3.63, 3.8) is 0 Å². The highest BCUT2D eigenvalue weighted by atomic mass is 35.5. The van der Waals surface area contributed by atoms with Crippen molar-refractivity contribution in [2.75, 3.05) is 0 Å². The van der Waals surface area contributed by atoms with E-state index in [2.05, 4.69) is 11.0 Å². The van der Waals surface area contributed by atoms with Gasteiger partial charge in [0, 0.05) is 12.1 Å². The molecule has 5 N–H and O–H groups in total. The Morgan fingerprint density at radius 1 is 1.20 bits per heavy atom. The number of nitrogens with one attached hydrogen (secondary N) is 1. The molecular weight excluding hydrogens is 411 g/mol. The summed E-state index contributed by atoms with van der Waals surface area (Å²) in [6.45, 7) is 2.26. The topological polar surface area (TPSA) is 113 Å². The maximum Gasteiger partial charge on any atom is 0.254 e. The molecule has 3 aromatic rings. The number of nitrogens with zero attached hydrogens (tertiary/aromatic N) is 2. The minimum atomic E-state index is -1.05. The van der Waals surface area contributed by atoms with Crippen LogP contribution < -0.4 is 11.4 Å². The van der Waals surface area contributed by atoms with Crippen molar-refractivity contribution in [3.8, 4) is 0 Å². The van der Waals surface area contributed by atoms with Crippen LogP contribution in [0.5, 0.6) is 0 Å². The fourth-order valence-electron chi connectivity index (χ4n) is 4.07. The van der Waals surface area contributed by atoms with Gasteiger partial charge in [-0.1, -0.05) is 42.5 Å². The fourth-order valence-corrected chi connectivity index (χ4v) is 4.07. The van der Waals surface area contributed by atoms with Crippen LogP contribution in [0.25, 0.3) is 0 Å². The van der Waals surface area contributed by atoms with Crippen molar-refractivity contribution in [3.05, 3.63) is 88.5 Å². The second-order valence-electron chi connectivity index (χ2n) is 7.05. The highest BCUT2D eigenvalue weighted by molar-refractivity contribution is 5.89. The van der Waals surface area contributed by atoms with Gasteiger partial charge in [-0.15, -0.1) is 12.4 Å². The molecule has 1 amide bonds. The van der Waals surface area contributed by atoms with Crippen LogP contribution in [0.15, 0.2) is 54.7 Å². The van der Waals surface area contributed by atoms with Crippen LogP contribution in [0.4, 0.5) is 4.39 Å². The van der Waals surface area contributed by atoms with E-state index in [1.54, 1.807) is 30.7 Å². The van der Waals surface area contributed by atoms with E-state index in [-0.39, 0.29) is 18.2 Å². The first kappa shape index (κ1) is 23.5. The Hall–Kier alpha value is -2.78. The summed E-state index contributed by atoms with van der Waals surface area (Å²) in [4.78, 5) is 12.7. The third-order valence-corrected chi connectivity index (χ3v) is 5.49. The van der Waals surface area contributed by atoms with E-state index in [1.165, 1.54) is 6.07 Å². The molecule has 1 aliphatic rings. The molecule has 1 aromatic heterocycles. The summed E-state index contributed by atoms with van der Waals surface area (Å²) in [5, 5.41) is 20.4. The minimum absolute atomic E-state index is 0. The molecule has 7 nitrogen and oxygen atoms in total. The lowest BCUT2D eigenvalue weighted by Crippen LogP contribution is -2.45. The second kappa shape index (κ2) is 9.82. The summed E-state index contributed by atoms with van der Waals surface area (Å²) in [7, 11) is 0. The molecule has 1 aliphatic carbocycles. The number of hydroxylamine groups is 1. The Balaban J connectivity index is 0.00000104. The highest BCUT2D eigenvalue weighted by Gasteiger charge is 2.48. The average Bonchev–Trinajstić information content (AvgIpc) is 3.31. The zero-order valence-electron chi connectivity index (χ0n) is 16.4. The standard InChI is InChI=1S/C21H20FN3O2.ClH.H3NO/c1-14-17(8-5-9-18(14)22)21(20(26)24-27)10-16-12-23-25(19(16)11-21)13-15-6-3-2-4-7-15;;1-2/h2-9,12,27H,10-11,13H2,1H3,(H,24,26);1H;2H,1H2/t21-;;/m0../s1. The van der Waals surface area contributed by atoms with Crippen LogP contribution in [0.3, 0.4) is 0 Å². The summed E-state index contributed by atoms with van der Waals surface area (Å²) in [5.74, 6) is 2.61. The lowest BCUT2D eigenvalue weighted by molar-refractivity contribution is -0.135. The summed E-state index contributed by atoms with van der Waals surface area (Å²) >= 11 is 0. The number of carbonyl (C=O) groups is 1. The quantitative estimate of drug-likeness (QED) is 0.372. The Morgan fingerprint density at radius 2 is 1.90 bits per heavy atom. The Bertz CT molecular complexity index is 1010. The molecule has 9 heteroatoms. The first-order valence-corrected chi connectivity index (χ1v) is 9.08. The first-order valence-electron chi connectivity index (χ1n) is 9.08. The molecule has 0 bridgehead atoms. The molecule has 4 rings (SSSR count). The number of amides is 1. The van der Waals surface area contributed by atoms with Gasteiger partial charge in [0.15, 0.2) is 0 Å². The predicted molar refractivity (Wildman–Crippen MR) is 111 cm³/mol. The summed E-state index contributed by atoms with van der Waals surface area (Å²) < 4.78 is 16.1. The molecule has 2 aromatic carbocycles. The fraction of sp³-hybridized carbons (Fsp3) is 0.238. The molecule has 0 saturated carbocycles. The summed E-state index contributed by atoms with van der Waals surface area (Å²) in [6.07, 6.45) is 2.49. The van der Waals surface area contributed by atoms with E-state index >= 15 is 0 Å². The SMILES string of the molecule is Cc1c(F)cccc1[C@]1(C(=O)NO)Cc2cnn(Cc3ccccc3)c2C1.Cl.NO. The highest BCUT2D eigenvalue weighted by Crippen LogP contribution is 2.42. The van der Waals surface area contributed by atoms with E-state index in [0.717, 1.165) is 16.8 Å². The van der Waals surface area contributed by atoms with Crippen molar-refractivity contribution in [2.24, 2.45) is 5.90 Å².